The monoisotopic (exact) mass is 392 g/mol. The van der Waals surface area contributed by atoms with Crippen molar-refractivity contribution in [3.63, 3.8) is 0 Å². The Morgan fingerprint density at radius 2 is 1.46 bits per heavy atom. The number of anilines is 3. The predicted octanol–water partition coefficient (Wildman–Crippen LogP) is 1.73. The third kappa shape index (κ3) is 3.83. The average molecular weight is 392 g/mol. The molecule has 0 aromatic carbocycles. The Bertz CT molecular complexity index is 789. The lowest BCUT2D eigenvalue weighted by Gasteiger charge is -2.31. The Kier molecular flexibility index (Phi) is 5.49. The van der Waals surface area contributed by atoms with Gasteiger partial charge in [-0.2, -0.15) is 0 Å². The van der Waals surface area contributed by atoms with E-state index < -0.39 is 6.43 Å². The molecular weight excluding hydrogens is 370 g/mol. The molecule has 0 atom stereocenters. The van der Waals surface area contributed by atoms with Crippen LogP contribution in [0.25, 0.3) is 11.4 Å². The summed E-state index contributed by atoms with van der Waals surface area (Å²) in [5.74, 6) is 1.48. The van der Waals surface area contributed by atoms with Crippen molar-refractivity contribution in [2.75, 3.05) is 68.1 Å². The van der Waals surface area contributed by atoms with Crippen LogP contribution in [0.3, 0.4) is 0 Å². The lowest BCUT2D eigenvalue weighted by Crippen LogP contribution is -2.39. The molecule has 10 heteroatoms. The van der Waals surface area contributed by atoms with E-state index in [-0.39, 0.29) is 22.8 Å². The van der Waals surface area contributed by atoms with Crippen molar-refractivity contribution in [1.82, 2.24) is 15.0 Å². The molecule has 0 radical (unpaired) electrons. The molecule has 8 nitrogen and oxygen atoms in total. The Morgan fingerprint density at radius 1 is 0.929 bits per heavy atom. The molecule has 2 aliphatic heterocycles. The first-order chi connectivity index (χ1) is 13.6. The molecule has 2 fully saturated rings. The number of ether oxygens (including phenoxy) is 2. The summed E-state index contributed by atoms with van der Waals surface area (Å²) in [5.41, 5.74) is 5.82. The molecule has 0 spiro atoms. The van der Waals surface area contributed by atoms with Crippen LogP contribution in [-0.2, 0) is 9.47 Å². The molecular formula is C18H22F2N6O2. The van der Waals surface area contributed by atoms with E-state index in [2.05, 4.69) is 24.8 Å². The van der Waals surface area contributed by atoms with E-state index >= 15 is 0 Å². The summed E-state index contributed by atoms with van der Waals surface area (Å²) in [6.45, 7) is 5.03. The number of pyridine rings is 1. The number of nitrogens with two attached hydrogens (primary N) is 1. The van der Waals surface area contributed by atoms with Crippen molar-refractivity contribution >= 4 is 17.5 Å². The summed E-state index contributed by atoms with van der Waals surface area (Å²) in [6, 6.07) is 3.14. The highest BCUT2D eigenvalue weighted by atomic mass is 19.3. The van der Waals surface area contributed by atoms with Crippen molar-refractivity contribution in [3.05, 3.63) is 23.9 Å². The summed E-state index contributed by atoms with van der Waals surface area (Å²) < 4.78 is 38.0. The van der Waals surface area contributed by atoms with Gasteiger partial charge in [0.05, 0.1) is 32.0 Å². The first-order valence-corrected chi connectivity index (χ1v) is 9.21. The lowest BCUT2D eigenvalue weighted by molar-refractivity contribution is 0.122. The Labute approximate surface area is 161 Å². The van der Waals surface area contributed by atoms with Gasteiger partial charge >= 0.3 is 0 Å². The van der Waals surface area contributed by atoms with Crippen LogP contribution in [0, 0.1) is 0 Å². The molecule has 2 N–H and O–H groups in total. The van der Waals surface area contributed by atoms with E-state index in [9.17, 15) is 8.78 Å². The molecule has 4 heterocycles. The smallest absolute Gasteiger partial charge is 0.264 e. The Hall–Kier alpha value is -2.59. The molecule has 2 saturated heterocycles. The number of alkyl halides is 2. The second kappa shape index (κ2) is 8.19. The van der Waals surface area contributed by atoms with Gasteiger partial charge in [-0.3, -0.25) is 0 Å². The van der Waals surface area contributed by atoms with Gasteiger partial charge in [0.2, 0.25) is 0 Å². The zero-order valence-electron chi connectivity index (χ0n) is 15.4. The average Bonchev–Trinajstić information content (AvgIpc) is 2.74. The van der Waals surface area contributed by atoms with Crippen LogP contribution in [0.2, 0.25) is 0 Å². The molecule has 0 amide bonds. The Morgan fingerprint density at radius 3 is 1.96 bits per heavy atom. The molecule has 4 rings (SSSR count). The van der Waals surface area contributed by atoms with Crippen molar-refractivity contribution in [1.29, 1.82) is 0 Å². The van der Waals surface area contributed by atoms with Gasteiger partial charge in [0.1, 0.15) is 17.5 Å². The van der Waals surface area contributed by atoms with Crippen LogP contribution in [0.15, 0.2) is 18.3 Å². The summed E-state index contributed by atoms with van der Waals surface area (Å²) in [7, 11) is 0. The van der Waals surface area contributed by atoms with Crippen LogP contribution in [0.4, 0.5) is 26.2 Å². The number of halogens is 2. The van der Waals surface area contributed by atoms with E-state index in [1.54, 1.807) is 0 Å². The Balaban J connectivity index is 1.82. The first-order valence-electron chi connectivity index (χ1n) is 9.21. The number of hydrogen-bond donors (Lipinski definition) is 1. The molecule has 0 unspecified atom stereocenters. The van der Waals surface area contributed by atoms with Gasteiger partial charge in [-0.15, -0.1) is 0 Å². The SMILES string of the molecule is Nc1nccc(C(F)F)c1-c1nc(N2CCOCC2)cc(N2CCOCC2)n1. The third-order valence-electron chi connectivity index (χ3n) is 4.84. The number of aromatic nitrogens is 3. The number of morpholine rings is 2. The van der Waals surface area contributed by atoms with Crippen molar-refractivity contribution < 1.29 is 18.3 Å². The minimum absolute atomic E-state index is 0.00939. The molecule has 28 heavy (non-hydrogen) atoms. The standard InChI is InChI=1S/C18H22F2N6O2/c19-16(20)12-1-2-22-17(21)15(12)18-23-13(25-3-7-27-8-4-25)11-14(24-18)26-5-9-28-10-6-26/h1-2,11,16H,3-10H2,(H2,21,22). The molecule has 2 aliphatic rings. The van der Waals surface area contributed by atoms with Crippen LogP contribution < -0.4 is 15.5 Å². The van der Waals surface area contributed by atoms with E-state index in [1.165, 1.54) is 12.3 Å². The van der Waals surface area contributed by atoms with Gasteiger partial charge in [-0.25, -0.2) is 23.7 Å². The van der Waals surface area contributed by atoms with Crippen LogP contribution >= 0.6 is 0 Å². The highest BCUT2D eigenvalue weighted by molar-refractivity contribution is 5.74. The molecule has 0 aliphatic carbocycles. The van der Waals surface area contributed by atoms with E-state index in [0.717, 1.165) is 0 Å². The van der Waals surface area contributed by atoms with Crippen LogP contribution in [0.1, 0.15) is 12.0 Å². The van der Waals surface area contributed by atoms with E-state index in [4.69, 9.17) is 15.2 Å². The van der Waals surface area contributed by atoms with Crippen LogP contribution in [0.5, 0.6) is 0 Å². The summed E-state index contributed by atoms with van der Waals surface area (Å²) in [5, 5.41) is 0. The molecule has 0 bridgehead atoms. The molecule has 0 saturated carbocycles. The lowest BCUT2D eigenvalue weighted by atomic mass is 10.1. The maximum atomic E-state index is 13.6. The number of rotatable bonds is 4. The number of hydrogen-bond acceptors (Lipinski definition) is 8. The normalized spacial score (nSPS) is 18.0. The highest BCUT2D eigenvalue weighted by Crippen LogP contribution is 2.34. The second-order valence-electron chi connectivity index (χ2n) is 6.57. The number of nitrogen functional groups attached to an aromatic ring is 1. The fourth-order valence-corrected chi connectivity index (χ4v) is 3.36. The minimum atomic E-state index is -2.71. The third-order valence-corrected chi connectivity index (χ3v) is 4.84. The van der Waals surface area contributed by atoms with Gasteiger partial charge in [-0.05, 0) is 6.07 Å². The quantitative estimate of drug-likeness (QED) is 0.842. The second-order valence-corrected chi connectivity index (χ2v) is 6.57. The number of nitrogens with zero attached hydrogens (tertiary/aromatic N) is 5. The van der Waals surface area contributed by atoms with Gasteiger partial charge in [0, 0.05) is 44.0 Å². The summed E-state index contributed by atoms with van der Waals surface area (Å²) in [4.78, 5) is 17.3. The largest absolute Gasteiger partial charge is 0.383 e. The summed E-state index contributed by atoms with van der Waals surface area (Å²) in [6.07, 6.45) is -1.43. The van der Waals surface area contributed by atoms with E-state index in [0.29, 0.717) is 64.2 Å². The maximum absolute atomic E-state index is 13.6. The van der Waals surface area contributed by atoms with Crippen molar-refractivity contribution in [2.45, 2.75) is 6.43 Å². The van der Waals surface area contributed by atoms with Gasteiger partial charge in [-0.1, -0.05) is 0 Å². The fourth-order valence-electron chi connectivity index (χ4n) is 3.36. The molecule has 2 aromatic heterocycles. The van der Waals surface area contributed by atoms with Crippen LogP contribution in [-0.4, -0.2) is 67.6 Å². The fraction of sp³-hybridized carbons (Fsp3) is 0.500. The maximum Gasteiger partial charge on any atom is 0.264 e. The van der Waals surface area contributed by atoms with Crippen molar-refractivity contribution in [2.24, 2.45) is 0 Å². The minimum Gasteiger partial charge on any atom is -0.383 e. The van der Waals surface area contributed by atoms with Crippen molar-refractivity contribution in [3.8, 4) is 11.4 Å². The van der Waals surface area contributed by atoms with Gasteiger partial charge in [0.25, 0.3) is 6.43 Å². The molecule has 2 aromatic rings. The van der Waals surface area contributed by atoms with Gasteiger partial charge in [0.15, 0.2) is 5.82 Å². The zero-order chi connectivity index (χ0) is 19.5. The zero-order valence-corrected chi connectivity index (χ0v) is 15.4. The first kappa shape index (κ1) is 18.8. The molecule has 150 valence electrons. The van der Waals surface area contributed by atoms with E-state index in [1.807, 2.05) is 6.07 Å². The summed E-state index contributed by atoms with van der Waals surface area (Å²) >= 11 is 0. The highest BCUT2D eigenvalue weighted by Gasteiger charge is 2.24. The topological polar surface area (TPSA) is 89.6 Å². The van der Waals surface area contributed by atoms with Gasteiger partial charge < -0.3 is 25.0 Å². The predicted molar refractivity (Wildman–Crippen MR) is 101 cm³/mol.